The van der Waals surface area contributed by atoms with Gasteiger partial charge in [0.15, 0.2) is 0 Å². The molecular formula is C24H51O15P3. The highest BCUT2D eigenvalue weighted by atomic mass is 31.2. The Kier molecular flexibility index (Phi) is 19.5. The van der Waals surface area contributed by atoms with Crippen LogP contribution in [0, 0.1) is 0 Å². The zero-order valence-corrected chi connectivity index (χ0v) is 27.5. The van der Waals surface area contributed by atoms with Gasteiger partial charge in [-0.25, -0.2) is 0 Å². The largest absolute Gasteiger partial charge is 0.384 e. The van der Waals surface area contributed by atoms with Crippen molar-refractivity contribution in [3.8, 4) is 0 Å². The Labute approximate surface area is 248 Å². The molecule has 1 saturated carbocycles. The lowest BCUT2D eigenvalue weighted by atomic mass is 9.84. The summed E-state index contributed by atoms with van der Waals surface area (Å²) in [5, 5.41) is 28.6. The summed E-state index contributed by atoms with van der Waals surface area (Å²) >= 11 is 0. The van der Waals surface area contributed by atoms with E-state index in [9.17, 15) is 43.7 Å². The lowest BCUT2D eigenvalue weighted by molar-refractivity contribution is -0.245. The van der Waals surface area contributed by atoms with Gasteiger partial charge in [0.25, 0.3) is 0 Å². The molecule has 0 saturated heterocycles. The normalized spacial score (nSPS) is 29.1. The van der Waals surface area contributed by atoms with Crippen LogP contribution in [0.3, 0.4) is 0 Å². The molecule has 0 heterocycles. The van der Waals surface area contributed by atoms with Crippen LogP contribution in [-0.2, 0) is 41.5 Å². The van der Waals surface area contributed by atoms with Gasteiger partial charge < -0.3 is 44.2 Å². The van der Waals surface area contributed by atoms with Crippen molar-refractivity contribution < 1.29 is 71.5 Å². The first kappa shape index (κ1) is 40.2. The summed E-state index contributed by atoms with van der Waals surface area (Å²) in [5.41, 5.74) is 0. The van der Waals surface area contributed by atoms with Gasteiger partial charge in [0.1, 0.15) is 55.7 Å². The molecular weight excluding hydrogens is 621 g/mol. The zero-order chi connectivity index (χ0) is 31.8. The van der Waals surface area contributed by atoms with Crippen molar-refractivity contribution in [2.24, 2.45) is 0 Å². The maximum absolute atomic E-state index is 12.7. The SMILES string of the molecule is CCCCCOC1C(OCCCCC)C(OP(=O)(O)CO)C(OP(=O)(O)CO)C(OP(=O)(O)CO)C1OCCCCC. The molecule has 0 aromatic rings. The van der Waals surface area contributed by atoms with Gasteiger partial charge in [-0.05, 0) is 19.3 Å². The Morgan fingerprint density at radius 3 is 0.929 bits per heavy atom. The number of aliphatic hydroxyl groups excluding tert-OH is 3. The Morgan fingerprint density at radius 2 is 0.690 bits per heavy atom. The first-order valence-corrected chi connectivity index (χ1v) is 19.8. The Balaban J connectivity index is 3.79. The van der Waals surface area contributed by atoms with Gasteiger partial charge in [-0.1, -0.05) is 59.3 Å². The Morgan fingerprint density at radius 1 is 0.452 bits per heavy atom. The lowest BCUT2D eigenvalue weighted by Crippen LogP contribution is -2.67. The van der Waals surface area contributed by atoms with Gasteiger partial charge in [-0.3, -0.25) is 27.3 Å². The van der Waals surface area contributed by atoms with E-state index in [1.165, 1.54) is 0 Å². The van der Waals surface area contributed by atoms with Gasteiger partial charge in [0.2, 0.25) is 0 Å². The van der Waals surface area contributed by atoms with E-state index < -0.39 is 78.5 Å². The van der Waals surface area contributed by atoms with Crippen molar-refractivity contribution in [1.29, 1.82) is 0 Å². The molecule has 1 aliphatic carbocycles. The van der Waals surface area contributed by atoms with Crippen LogP contribution in [0.5, 0.6) is 0 Å². The zero-order valence-electron chi connectivity index (χ0n) is 24.8. The van der Waals surface area contributed by atoms with Crippen molar-refractivity contribution in [3.05, 3.63) is 0 Å². The molecule has 0 radical (unpaired) electrons. The first-order valence-electron chi connectivity index (χ1n) is 14.5. The maximum Gasteiger partial charge on any atom is 0.353 e. The number of ether oxygens (including phenoxy) is 3. The monoisotopic (exact) mass is 672 g/mol. The second-order valence-electron chi connectivity index (χ2n) is 10.2. The highest BCUT2D eigenvalue weighted by molar-refractivity contribution is 7.53. The van der Waals surface area contributed by atoms with Crippen molar-refractivity contribution in [3.63, 3.8) is 0 Å². The predicted molar refractivity (Wildman–Crippen MR) is 153 cm³/mol. The second-order valence-corrected chi connectivity index (χ2v) is 15.5. The predicted octanol–water partition coefficient (Wildman–Crippen LogP) is 3.29. The van der Waals surface area contributed by atoms with Crippen LogP contribution >= 0.6 is 22.8 Å². The average molecular weight is 673 g/mol. The second kappa shape index (κ2) is 20.4. The number of rotatable bonds is 24. The van der Waals surface area contributed by atoms with E-state index in [1.807, 2.05) is 20.8 Å². The molecule has 15 nitrogen and oxygen atoms in total. The van der Waals surface area contributed by atoms with Crippen LogP contribution in [-0.4, -0.2) is 105 Å². The van der Waals surface area contributed by atoms with E-state index >= 15 is 0 Å². The van der Waals surface area contributed by atoms with Gasteiger partial charge in [0.05, 0.1) is 0 Å². The van der Waals surface area contributed by atoms with Gasteiger partial charge in [-0.15, -0.1) is 0 Å². The van der Waals surface area contributed by atoms with Crippen LogP contribution in [0.2, 0.25) is 0 Å². The molecule has 0 bridgehead atoms. The van der Waals surface area contributed by atoms with Crippen LogP contribution < -0.4 is 0 Å². The smallest absolute Gasteiger partial charge is 0.353 e. The molecule has 6 N–H and O–H groups in total. The third-order valence-corrected chi connectivity index (χ3v) is 9.30. The van der Waals surface area contributed by atoms with E-state index in [0.29, 0.717) is 19.3 Å². The quantitative estimate of drug-likeness (QED) is 0.0639. The number of hydrogen-bond acceptors (Lipinski definition) is 12. The summed E-state index contributed by atoms with van der Waals surface area (Å²) in [4.78, 5) is 30.8. The Bertz CT molecular complexity index is 828. The topological polar surface area (TPSA) is 228 Å². The number of hydrogen-bond donors (Lipinski definition) is 6. The van der Waals surface area contributed by atoms with Crippen LogP contribution in [0.4, 0.5) is 0 Å². The summed E-state index contributed by atoms with van der Waals surface area (Å²) in [7, 11) is -14.5. The van der Waals surface area contributed by atoms with Gasteiger partial charge in [0, 0.05) is 19.8 Å². The van der Waals surface area contributed by atoms with Gasteiger partial charge >= 0.3 is 22.8 Å². The molecule has 7 unspecified atom stereocenters. The molecule has 0 amide bonds. The van der Waals surface area contributed by atoms with Crippen molar-refractivity contribution in [2.75, 3.05) is 38.9 Å². The molecule has 1 aliphatic rings. The van der Waals surface area contributed by atoms with E-state index in [1.54, 1.807) is 0 Å². The third-order valence-electron chi connectivity index (χ3n) is 6.51. The standard InChI is InChI=1S/C24H51O15P3/c1-4-7-10-13-34-19-20(35-14-11-8-5-2)22(37-40(28,29)16-25)24(39-42(32,33)18-27)23(38-41(30,31)17-26)21(19)36-15-12-9-6-3/h19-27H,4-18H2,1-3H3,(H,28,29)(H,30,31)(H,32,33). The summed E-state index contributed by atoms with van der Waals surface area (Å²) < 4.78 is 72.4. The lowest BCUT2D eigenvalue weighted by Gasteiger charge is -2.49. The van der Waals surface area contributed by atoms with Crippen molar-refractivity contribution in [2.45, 2.75) is 115 Å². The minimum Gasteiger partial charge on any atom is -0.384 e. The van der Waals surface area contributed by atoms with Crippen molar-refractivity contribution >= 4 is 22.8 Å². The van der Waals surface area contributed by atoms with E-state index in [0.717, 1.165) is 38.5 Å². The maximum atomic E-state index is 12.7. The molecule has 42 heavy (non-hydrogen) atoms. The van der Waals surface area contributed by atoms with E-state index in [2.05, 4.69) is 0 Å². The molecule has 0 spiro atoms. The Hall–Kier alpha value is 0.210. The third kappa shape index (κ3) is 14.1. The molecule has 0 aliphatic heterocycles. The van der Waals surface area contributed by atoms with Crippen molar-refractivity contribution in [1.82, 2.24) is 0 Å². The van der Waals surface area contributed by atoms with E-state index in [4.69, 9.17) is 27.8 Å². The molecule has 1 rings (SSSR count). The molecule has 0 aromatic carbocycles. The minimum absolute atomic E-state index is 0.106. The summed E-state index contributed by atoms with van der Waals surface area (Å²) in [6.07, 6.45) is -6.72. The minimum atomic E-state index is -4.86. The van der Waals surface area contributed by atoms with E-state index in [-0.39, 0.29) is 19.8 Å². The molecule has 252 valence electrons. The summed E-state index contributed by atoms with van der Waals surface area (Å²) in [5.74, 6) is 0. The van der Waals surface area contributed by atoms with Crippen LogP contribution in [0.25, 0.3) is 0 Å². The number of unbranched alkanes of at least 4 members (excludes halogenated alkanes) is 6. The summed E-state index contributed by atoms with van der Waals surface area (Å²) in [6.45, 7) is 6.32. The highest BCUT2D eigenvalue weighted by Gasteiger charge is 2.59. The van der Waals surface area contributed by atoms with Gasteiger partial charge in [-0.2, -0.15) is 0 Å². The number of aliphatic hydroxyl groups is 3. The summed E-state index contributed by atoms with van der Waals surface area (Å²) in [6, 6.07) is 0. The van der Waals surface area contributed by atoms with Crippen LogP contribution in [0.15, 0.2) is 0 Å². The fraction of sp³-hybridized carbons (Fsp3) is 1.00. The molecule has 18 heteroatoms. The first-order chi connectivity index (χ1) is 19.8. The molecule has 1 fully saturated rings. The van der Waals surface area contributed by atoms with Crippen LogP contribution in [0.1, 0.15) is 78.6 Å². The fourth-order valence-corrected chi connectivity index (χ4v) is 6.50. The average Bonchev–Trinajstić information content (AvgIpc) is 2.95. The fourth-order valence-electron chi connectivity index (χ4n) is 4.44. The highest BCUT2D eigenvalue weighted by Crippen LogP contribution is 2.54. The molecule has 0 aromatic heterocycles. The molecule has 7 atom stereocenters.